The number of carbonyl (C=O) groups excluding carboxylic acids is 1. The van der Waals surface area contributed by atoms with Crippen LogP contribution in [0, 0.1) is 5.41 Å². The van der Waals surface area contributed by atoms with E-state index in [1.165, 1.54) is 0 Å². The normalized spacial score (nSPS) is 12.3. The highest BCUT2D eigenvalue weighted by molar-refractivity contribution is 5.99. The summed E-state index contributed by atoms with van der Waals surface area (Å²) in [5.41, 5.74) is 6.61. The maximum Gasteiger partial charge on any atom is 0.224 e. The maximum absolute atomic E-state index is 11.8. The highest BCUT2D eigenvalue weighted by Gasteiger charge is 2.16. The minimum absolute atomic E-state index is 0.0157. The molecule has 0 spiro atoms. The smallest absolute Gasteiger partial charge is 0.224 e. The van der Waals surface area contributed by atoms with Crippen LogP contribution in [0.4, 0.5) is 5.69 Å². The molecule has 18 heavy (non-hydrogen) atoms. The molecule has 0 radical (unpaired) electrons. The van der Waals surface area contributed by atoms with E-state index in [1.807, 2.05) is 20.8 Å². The number of amides is 1. The fraction of sp³-hybridized carbons (Fsp3) is 0.385. The average Bonchev–Trinajstić information content (AvgIpc) is 2.25. The topological polar surface area (TPSA) is 87.7 Å². The van der Waals surface area contributed by atoms with Crippen LogP contribution in [-0.2, 0) is 4.79 Å². The highest BCUT2D eigenvalue weighted by atomic mass is 16.4. The molecule has 0 heterocycles. The van der Waals surface area contributed by atoms with Crippen LogP contribution < -0.4 is 11.1 Å². The van der Waals surface area contributed by atoms with E-state index < -0.39 is 0 Å². The molecule has 0 unspecified atom stereocenters. The Bertz CT molecular complexity index is 462. The van der Waals surface area contributed by atoms with Gasteiger partial charge in [0.15, 0.2) is 5.84 Å². The van der Waals surface area contributed by atoms with Gasteiger partial charge in [-0.1, -0.05) is 38.1 Å². The Hall–Kier alpha value is -2.04. The van der Waals surface area contributed by atoms with Crippen molar-refractivity contribution >= 4 is 17.4 Å². The molecule has 0 saturated carbocycles. The van der Waals surface area contributed by atoms with E-state index >= 15 is 0 Å². The largest absolute Gasteiger partial charge is 0.409 e. The minimum Gasteiger partial charge on any atom is -0.409 e. The van der Waals surface area contributed by atoms with E-state index in [0.29, 0.717) is 17.7 Å². The summed E-state index contributed by atoms with van der Waals surface area (Å²) >= 11 is 0. The lowest BCUT2D eigenvalue weighted by atomic mass is 9.92. The van der Waals surface area contributed by atoms with Crippen LogP contribution in [0.5, 0.6) is 0 Å². The first-order valence-corrected chi connectivity index (χ1v) is 5.69. The second-order valence-corrected chi connectivity index (χ2v) is 5.35. The van der Waals surface area contributed by atoms with Crippen LogP contribution in [-0.4, -0.2) is 17.0 Å². The van der Waals surface area contributed by atoms with Crippen molar-refractivity contribution in [2.24, 2.45) is 16.3 Å². The third kappa shape index (κ3) is 4.45. The Morgan fingerprint density at radius 1 is 1.44 bits per heavy atom. The number of hydrogen-bond acceptors (Lipinski definition) is 3. The Morgan fingerprint density at radius 3 is 2.67 bits per heavy atom. The van der Waals surface area contributed by atoms with E-state index in [0.717, 1.165) is 0 Å². The monoisotopic (exact) mass is 249 g/mol. The van der Waals surface area contributed by atoms with Gasteiger partial charge in [0.1, 0.15) is 0 Å². The lowest BCUT2D eigenvalue weighted by Gasteiger charge is -2.17. The van der Waals surface area contributed by atoms with Crippen molar-refractivity contribution in [2.75, 3.05) is 5.32 Å². The van der Waals surface area contributed by atoms with E-state index in [1.54, 1.807) is 24.3 Å². The summed E-state index contributed by atoms with van der Waals surface area (Å²) in [5, 5.41) is 14.3. The molecule has 5 heteroatoms. The molecule has 0 saturated heterocycles. The SMILES string of the molecule is CC(C)(C)CC(=O)Nc1cccc(/C(N)=N/O)c1. The molecule has 1 aromatic rings. The highest BCUT2D eigenvalue weighted by Crippen LogP contribution is 2.19. The predicted molar refractivity (Wildman–Crippen MR) is 71.7 cm³/mol. The van der Waals surface area contributed by atoms with Crippen molar-refractivity contribution in [3.8, 4) is 0 Å². The number of oxime groups is 1. The van der Waals surface area contributed by atoms with Gasteiger partial charge in [0.25, 0.3) is 0 Å². The summed E-state index contributed by atoms with van der Waals surface area (Å²) in [7, 11) is 0. The molecule has 0 aliphatic heterocycles. The van der Waals surface area contributed by atoms with Crippen molar-refractivity contribution in [2.45, 2.75) is 27.2 Å². The molecular weight excluding hydrogens is 230 g/mol. The second-order valence-electron chi connectivity index (χ2n) is 5.35. The van der Waals surface area contributed by atoms with E-state index in [-0.39, 0.29) is 17.2 Å². The van der Waals surface area contributed by atoms with Crippen molar-refractivity contribution < 1.29 is 10.0 Å². The van der Waals surface area contributed by atoms with Crippen molar-refractivity contribution in [3.05, 3.63) is 29.8 Å². The van der Waals surface area contributed by atoms with Crippen LogP contribution in [0.25, 0.3) is 0 Å². The zero-order valence-corrected chi connectivity index (χ0v) is 10.9. The summed E-state index contributed by atoms with van der Waals surface area (Å²) < 4.78 is 0. The molecule has 1 rings (SSSR count). The first-order chi connectivity index (χ1) is 8.31. The van der Waals surface area contributed by atoms with Crippen LogP contribution >= 0.6 is 0 Å². The Kier molecular flexibility index (Phi) is 4.31. The average molecular weight is 249 g/mol. The van der Waals surface area contributed by atoms with Gasteiger partial charge in [0.2, 0.25) is 5.91 Å². The standard InChI is InChI=1S/C13H19N3O2/c1-13(2,3)8-11(17)15-10-6-4-5-9(7-10)12(14)16-18/h4-7,18H,8H2,1-3H3,(H2,14,16)(H,15,17). The molecule has 0 aromatic heterocycles. The Labute approximate surface area is 107 Å². The molecule has 98 valence electrons. The van der Waals surface area contributed by atoms with Crippen LogP contribution in [0.15, 0.2) is 29.4 Å². The van der Waals surface area contributed by atoms with Gasteiger partial charge >= 0.3 is 0 Å². The predicted octanol–water partition coefficient (Wildman–Crippen LogP) is 2.16. The van der Waals surface area contributed by atoms with E-state index in [4.69, 9.17) is 10.9 Å². The van der Waals surface area contributed by atoms with Gasteiger partial charge in [-0.3, -0.25) is 4.79 Å². The number of rotatable bonds is 3. The van der Waals surface area contributed by atoms with E-state index in [2.05, 4.69) is 10.5 Å². The second kappa shape index (κ2) is 5.53. The summed E-state index contributed by atoms with van der Waals surface area (Å²) in [6.45, 7) is 6.00. The molecule has 4 N–H and O–H groups in total. The van der Waals surface area contributed by atoms with Crippen molar-refractivity contribution in [1.82, 2.24) is 0 Å². The molecule has 5 nitrogen and oxygen atoms in total. The van der Waals surface area contributed by atoms with Crippen molar-refractivity contribution in [3.63, 3.8) is 0 Å². The summed E-state index contributed by atoms with van der Waals surface area (Å²) in [4.78, 5) is 11.8. The molecule has 0 aliphatic rings. The van der Waals surface area contributed by atoms with Crippen molar-refractivity contribution in [1.29, 1.82) is 0 Å². The maximum atomic E-state index is 11.8. The minimum atomic E-state index is -0.0622. The van der Waals surface area contributed by atoms with Gasteiger partial charge in [-0.25, -0.2) is 0 Å². The number of carbonyl (C=O) groups is 1. The molecular formula is C13H19N3O2. The third-order valence-electron chi connectivity index (χ3n) is 2.24. The summed E-state index contributed by atoms with van der Waals surface area (Å²) in [6, 6.07) is 6.86. The molecule has 0 aliphatic carbocycles. The molecule has 1 aromatic carbocycles. The van der Waals surface area contributed by atoms with Crippen LogP contribution in [0.2, 0.25) is 0 Å². The zero-order valence-electron chi connectivity index (χ0n) is 10.9. The number of benzene rings is 1. The Balaban J connectivity index is 2.77. The van der Waals surface area contributed by atoms with E-state index in [9.17, 15) is 4.79 Å². The first-order valence-electron chi connectivity index (χ1n) is 5.69. The van der Waals surface area contributed by atoms with Gasteiger partial charge in [0.05, 0.1) is 0 Å². The lowest BCUT2D eigenvalue weighted by Crippen LogP contribution is -2.20. The van der Waals surface area contributed by atoms with Gasteiger partial charge in [-0.15, -0.1) is 0 Å². The number of anilines is 1. The number of hydrogen-bond donors (Lipinski definition) is 3. The van der Waals surface area contributed by atoms with Gasteiger partial charge in [0, 0.05) is 17.7 Å². The number of nitrogens with zero attached hydrogens (tertiary/aromatic N) is 1. The molecule has 0 bridgehead atoms. The third-order valence-corrected chi connectivity index (χ3v) is 2.24. The summed E-state index contributed by atoms with van der Waals surface area (Å²) in [5.74, 6) is -0.0407. The van der Waals surface area contributed by atoms with Gasteiger partial charge < -0.3 is 16.3 Å². The molecule has 1 amide bonds. The Morgan fingerprint density at radius 2 is 2.11 bits per heavy atom. The molecule has 0 fully saturated rings. The fourth-order valence-electron chi connectivity index (χ4n) is 1.50. The number of amidine groups is 1. The first kappa shape index (κ1) is 14.0. The van der Waals surface area contributed by atoms with Crippen LogP contribution in [0.1, 0.15) is 32.8 Å². The van der Waals surface area contributed by atoms with Gasteiger partial charge in [-0.05, 0) is 17.5 Å². The number of nitrogens with two attached hydrogens (primary N) is 1. The summed E-state index contributed by atoms with van der Waals surface area (Å²) in [6.07, 6.45) is 0.431. The zero-order chi connectivity index (χ0) is 13.8. The quantitative estimate of drug-likeness (QED) is 0.332. The molecule has 0 atom stereocenters. The lowest BCUT2D eigenvalue weighted by molar-refractivity contribution is -0.117. The van der Waals surface area contributed by atoms with Gasteiger partial charge in [-0.2, -0.15) is 0 Å². The van der Waals surface area contributed by atoms with Crippen LogP contribution in [0.3, 0.4) is 0 Å². The number of nitrogens with one attached hydrogen (secondary N) is 1. The fourth-order valence-corrected chi connectivity index (χ4v) is 1.50.